The van der Waals surface area contributed by atoms with Crippen molar-refractivity contribution in [3.8, 4) is 0 Å². The molecule has 1 aliphatic heterocycles. The zero-order valence-electron chi connectivity index (χ0n) is 10.7. The lowest BCUT2D eigenvalue weighted by Crippen LogP contribution is -2.35. The second-order valence-corrected chi connectivity index (χ2v) is 4.81. The number of nitrogens with one attached hydrogen (secondary N) is 1. The molecule has 0 saturated carbocycles. The fourth-order valence-corrected chi connectivity index (χ4v) is 2.52. The third-order valence-corrected chi connectivity index (χ3v) is 3.50. The molecule has 3 rings (SSSR count). The topological polar surface area (TPSA) is 77.9 Å². The molecule has 2 aromatic heterocycles. The highest BCUT2D eigenvalue weighted by molar-refractivity contribution is 5.31. The summed E-state index contributed by atoms with van der Waals surface area (Å²) >= 11 is 0. The van der Waals surface area contributed by atoms with E-state index in [0.717, 1.165) is 43.3 Å². The van der Waals surface area contributed by atoms with Crippen LogP contribution in [-0.4, -0.2) is 38.4 Å². The average Bonchev–Trinajstić information content (AvgIpc) is 2.97. The van der Waals surface area contributed by atoms with Crippen LogP contribution in [0.1, 0.15) is 30.1 Å². The van der Waals surface area contributed by atoms with Crippen LogP contribution in [0.3, 0.4) is 0 Å². The van der Waals surface area contributed by atoms with E-state index in [4.69, 9.17) is 5.11 Å². The third-order valence-electron chi connectivity index (χ3n) is 3.50. The van der Waals surface area contributed by atoms with Crippen LogP contribution in [0.4, 0.5) is 5.95 Å². The number of anilines is 1. The molecule has 0 amide bonds. The summed E-state index contributed by atoms with van der Waals surface area (Å²) < 4.78 is 0. The Morgan fingerprint density at radius 3 is 2.95 bits per heavy atom. The molecule has 0 radical (unpaired) electrons. The molecule has 1 fully saturated rings. The summed E-state index contributed by atoms with van der Waals surface area (Å²) in [6.07, 6.45) is 5.75. The van der Waals surface area contributed by atoms with Gasteiger partial charge in [0.25, 0.3) is 0 Å². The van der Waals surface area contributed by atoms with Gasteiger partial charge in [-0.05, 0) is 25.0 Å². The molecule has 1 atom stereocenters. The zero-order valence-corrected chi connectivity index (χ0v) is 10.7. The Bertz CT molecular complexity index is 527. The summed E-state index contributed by atoms with van der Waals surface area (Å²) in [5.74, 6) is 1.15. The minimum absolute atomic E-state index is 0.00519. The Hall–Kier alpha value is -1.95. The lowest BCUT2D eigenvalue weighted by Gasteiger charge is -2.31. The van der Waals surface area contributed by atoms with Gasteiger partial charge < -0.3 is 10.0 Å². The van der Waals surface area contributed by atoms with E-state index in [0.29, 0.717) is 5.92 Å². The van der Waals surface area contributed by atoms with Crippen molar-refractivity contribution in [2.24, 2.45) is 0 Å². The van der Waals surface area contributed by atoms with E-state index in [2.05, 4.69) is 25.1 Å². The fourth-order valence-electron chi connectivity index (χ4n) is 2.52. The Labute approximate surface area is 111 Å². The van der Waals surface area contributed by atoms with Crippen LogP contribution in [0, 0.1) is 0 Å². The summed E-state index contributed by atoms with van der Waals surface area (Å²) in [5, 5.41) is 16.2. The molecule has 2 aromatic rings. The minimum atomic E-state index is 0.00519. The highest BCUT2D eigenvalue weighted by Gasteiger charge is 2.24. The van der Waals surface area contributed by atoms with Gasteiger partial charge in [-0.15, -0.1) is 0 Å². The standard InChI is InChI=1S/C13H17N5O/c19-9-11-7-12(17-16-11)10-3-1-6-18(8-10)13-14-4-2-5-15-13/h2,4-5,7,10,19H,1,3,6,8-9H2,(H,16,17). The van der Waals surface area contributed by atoms with Gasteiger partial charge in [0, 0.05) is 31.4 Å². The lowest BCUT2D eigenvalue weighted by molar-refractivity contribution is 0.276. The Kier molecular flexibility index (Phi) is 3.41. The molecule has 6 heteroatoms. The van der Waals surface area contributed by atoms with Crippen molar-refractivity contribution in [1.29, 1.82) is 0 Å². The molecule has 1 unspecified atom stereocenters. The number of aliphatic hydroxyl groups is 1. The lowest BCUT2D eigenvalue weighted by atomic mass is 9.95. The molecule has 1 aliphatic rings. The second kappa shape index (κ2) is 5.36. The van der Waals surface area contributed by atoms with Crippen LogP contribution in [-0.2, 0) is 6.61 Å². The van der Waals surface area contributed by atoms with E-state index in [1.165, 1.54) is 0 Å². The number of hydrogen-bond donors (Lipinski definition) is 2. The first kappa shape index (κ1) is 12.1. The van der Waals surface area contributed by atoms with E-state index in [1.54, 1.807) is 12.4 Å². The van der Waals surface area contributed by atoms with Crippen molar-refractivity contribution in [2.45, 2.75) is 25.4 Å². The molecule has 2 N–H and O–H groups in total. The summed E-state index contributed by atoms with van der Waals surface area (Å²) in [7, 11) is 0. The maximum absolute atomic E-state index is 9.08. The maximum Gasteiger partial charge on any atom is 0.225 e. The molecular weight excluding hydrogens is 242 g/mol. The average molecular weight is 259 g/mol. The van der Waals surface area contributed by atoms with Gasteiger partial charge in [-0.2, -0.15) is 5.10 Å². The predicted molar refractivity (Wildman–Crippen MR) is 70.7 cm³/mol. The van der Waals surface area contributed by atoms with Gasteiger partial charge in [0.2, 0.25) is 5.95 Å². The number of rotatable bonds is 3. The first-order chi connectivity index (χ1) is 9.36. The summed E-state index contributed by atoms with van der Waals surface area (Å²) in [6.45, 7) is 1.86. The van der Waals surface area contributed by atoms with Crippen LogP contribution in [0.5, 0.6) is 0 Å². The van der Waals surface area contributed by atoms with Crippen LogP contribution in [0.25, 0.3) is 0 Å². The fraction of sp³-hybridized carbons (Fsp3) is 0.462. The Balaban J connectivity index is 1.74. The number of aromatic amines is 1. The zero-order chi connectivity index (χ0) is 13.1. The van der Waals surface area contributed by atoms with Crippen molar-refractivity contribution in [1.82, 2.24) is 20.2 Å². The SMILES string of the molecule is OCc1cc(C2CCCN(c3ncccn3)C2)n[nH]1. The molecule has 1 saturated heterocycles. The number of aliphatic hydroxyl groups excluding tert-OH is 1. The van der Waals surface area contributed by atoms with Crippen molar-refractivity contribution < 1.29 is 5.11 Å². The molecule has 0 aromatic carbocycles. The molecule has 0 spiro atoms. The number of piperidine rings is 1. The summed E-state index contributed by atoms with van der Waals surface area (Å²) in [5.41, 5.74) is 1.78. The highest BCUT2D eigenvalue weighted by Crippen LogP contribution is 2.27. The van der Waals surface area contributed by atoms with Crippen LogP contribution >= 0.6 is 0 Å². The minimum Gasteiger partial charge on any atom is -0.390 e. The number of nitrogens with zero attached hydrogens (tertiary/aromatic N) is 4. The molecule has 100 valence electrons. The van der Waals surface area contributed by atoms with Crippen LogP contribution in [0.2, 0.25) is 0 Å². The predicted octanol–water partition coefficient (Wildman–Crippen LogP) is 1.08. The molecule has 0 aliphatic carbocycles. The summed E-state index contributed by atoms with van der Waals surface area (Å²) in [4.78, 5) is 10.8. The van der Waals surface area contributed by atoms with E-state index < -0.39 is 0 Å². The Morgan fingerprint density at radius 2 is 2.21 bits per heavy atom. The first-order valence-corrected chi connectivity index (χ1v) is 6.54. The van der Waals surface area contributed by atoms with Gasteiger partial charge in [0.15, 0.2) is 0 Å². The largest absolute Gasteiger partial charge is 0.390 e. The quantitative estimate of drug-likeness (QED) is 0.862. The smallest absolute Gasteiger partial charge is 0.225 e. The van der Waals surface area contributed by atoms with Gasteiger partial charge >= 0.3 is 0 Å². The van der Waals surface area contributed by atoms with E-state index >= 15 is 0 Å². The van der Waals surface area contributed by atoms with E-state index in [9.17, 15) is 0 Å². The van der Waals surface area contributed by atoms with Gasteiger partial charge in [-0.3, -0.25) is 5.10 Å². The first-order valence-electron chi connectivity index (χ1n) is 6.54. The monoisotopic (exact) mass is 259 g/mol. The van der Waals surface area contributed by atoms with Gasteiger partial charge in [0.05, 0.1) is 18.0 Å². The van der Waals surface area contributed by atoms with Gasteiger partial charge in [-0.1, -0.05) is 0 Å². The van der Waals surface area contributed by atoms with Gasteiger partial charge in [0.1, 0.15) is 0 Å². The molecule has 3 heterocycles. The maximum atomic E-state index is 9.08. The van der Waals surface area contributed by atoms with Crippen molar-refractivity contribution in [3.05, 3.63) is 35.9 Å². The van der Waals surface area contributed by atoms with Crippen LogP contribution < -0.4 is 4.90 Å². The molecule has 6 nitrogen and oxygen atoms in total. The van der Waals surface area contributed by atoms with Crippen molar-refractivity contribution in [2.75, 3.05) is 18.0 Å². The third kappa shape index (κ3) is 2.58. The molecule has 0 bridgehead atoms. The number of hydrogen-bond acceptors (Lipinski definition) is 5. The second-order valence-electron chi connectivity index (χ2n) is 4.81. The van der Waals surface area contributed by atoms with E-state index in [1.807, 2.05) is 12.1 Å². The normalized spacial score (nSPS) is 19.6. The van der Waals surface area contributed by atoms with Gasteiger partial charge in [-0.25, -0.2) is 9.97 Å². The number of aromatic nitrogens is 4. The van der Waals surface area contributed by atoms with E-state index in [-0.39, 0.29) is 6.61 Å². The van der Waals surface area contributed by atoms with Crippen LogP contribution in [0.15, 0.2) is 24.5 Å². The Morgan fingerprint density at radius 1 is 1.37 bits per heavy atom. The molecule has 19 heavy (non-hydrogen) atoms. The van der Waals surface area contributed by atoms with Crippen molar-refractivity contribution >= 4 is 5.95 Å². The molecular formula is C13H17N5O. The number of H-pyrrole nitrogens is 1. The highest BCUT2D eigenvalue weighted by atomic mass is 16.3. The van der Waals surface area contributed by atoms with Crippen molar-refractivity contribution in [3.63, 3.8) is 0 Å². The summed E-state index contributed by atoms with van der Waals surface area (Å²) in [6, 6.07) is 3.77.